The first kappa shape index (κ1) is 21.7. The lowest BCUT2D eigenvalue weighted by molar-refractivity contribution is 0.0159. The third kappa shape index (κ3) is 3.64. The van der Waals surface area contributed by atoms with Crippen molar-refractivity contribution in [1.29, 1.82) is 0 Å². The molecule has 1 saturated carbocycles. The van der Waals surface area contributed by atoms with E-state index in [1.807, 2.05) is 24.4 Å². The summed E-state index contributed by atoms with van der Waals surface area (Å²) in [7, 11) is 0. The molecule has 0 aliphatic heterocycles. The van der Waals surface area contributed by atoms with Gasteiger partial charge in [-0.25, -0.2) is 13.8 Å². The van der Waals surface area contributed by atoms with E-state index in [2.05, 4.69) is 15.3 Å². The standard InChI is InChI=1S/C25H23F2N5O3/c1-24(26,27)20-19-17(35-22(20)23(33)30-12-18-29-9-10-34-18)11-25(6-4-7-25)16-14-32(31-21(16)19)13-15-5-2-3-8-28-15/h2-3,5,8-10,14H,4,6-7,11-13H2,1H3,(H,30,33). The van der Waals surface area contributed by atoms with Crippen molar-refractivity contribution in [3.63, 3.8) is 0 Å². The van der Waals surface area contributed by atoms with Gasteiger partial charge in [-0.15, -0.1) is 0 Å². The van der Waals surface area contributed by atoms with Crippen molar-refractivity contribution in [2.45, 2.75) is 57.0 Å². The van der Waals surface area contributed by atoms with Crippen LogP contribution in [0.3, 0.4) is 0 Å². The van der Waals surface area contributed by atoms with Crippen LogP contribution in [-0.4, -0.2) is 25.7 Å². The Balaban J connectivity index is 1.44. The second-order valence-electron chi connectivity index (χ2n) is 9.32. The predicted molar refractivity (Wildman–Crippen MR) is 120 cm³/mol. The second kappa shape index (κ2) is 7.86. The van der Waals surface area contributed by atoms with Crippen molar-refractivity contribution >= 4 is 5.91 Å². The van der Waals surface area contributed by atoms with Gasteiger partial charge in [-0.3, -0.25) is 14.5 Å². The van der Waals surface area contributed by atoms with Gasteiger partial charge in [-0.05, 0) is 25.0 Å². The second-order valence-corrected chi connectivity index (χ2v) is 9.32. The molecule has 4 heterocycles. The number of pyridine rings is 1. The number of furan rings is 1. The normalized spacial score (nSPS) is 16.0. The minimum absolute atomic E-state index is 0.0418. The molecule has 6 rings (SSSR count). The van der Waals surface area contributed by atoms with E-state index in [-0.39, 0.29) is 23.4 Å². The molecule has 2 aliphatic rings. The summed E-state index contributed by atoms with van der Waals surface area (Å²) in [4.78, 5) is 21.3. The lowest BCUT2D eigenvalue weighted by Crippen LogP contribution is -2.38. The van der Waals surface area contributed by atoms with E-state index in [4.69, 9.17) is 13.9 Å². The molecule has 2 aliphatic carbocycles. The van der Waals surface area contributed by atoms with E-state index in [0.29, 0.717) is 24.4 Å². The Morgan fingerprint density at radius 1 is 1.26 bits per heavy atom. The van der Waals surface area contributed by atoms with Crippen LogP contribution in [0.15, 0.2) is 51.9 Å². The lowest BCUT2D eigenvalue weighted by Gasteiger charge is -2.43. The van der Waals surface area contributed by atoms with Crippen LogP contribution in [-0.2, 0) is 30.8 Å². The molecule has 8 nitrogen and oxygen atoms in total. The van der Waals surface area contributed by atoms with Crippen LogP contribution < -0.4 is 5.32 Å². The van der Waals surface area contributed by atoms with Crippen LogP contribution in [0.5, 0.6) is 0 Å². The van der Waals surface area contributed by atoms with E-state index in [9.17, 15) is 4.79 Å². The first-order valence-electron chi connectivity index (χ1n) is 11.5. The minimum Gasteiger partial charge on any atom is -0.455 e. The number of carbonyl (C=O) groups excluding carboxylic acids is 1. The topological polar surface area (TPSA) is 99.0 Å². The van der Waals surface area contributed by atoms with E-state index in [1.165, 1.54) is 12.5 Å². The SMILES string of the molecule is CC(F)(F)c1c(C(=O)NCc2ncco2)oc2c1-c1nn(Cc3ccccn3)cc1C1(CCC1)C2. The average molecular weight is 479 g/mol. The summed E-state index contributed by atoms with van der Waals surface area (Å²) in [5.41, 5.74) is 1.80. The molecule has 4 aromatic heterocycles. The van der Waals surface area contributed by atoms with Crippen LogP contribution in [0.25, 0.3) is 11.3 Å². The lowest BCUT2D eigenvalue weighted by atomic mass is 9.59. The Morgan fingerprint density at radius 3 is 2.77 bits per heavy atom. The van der Waals surface area contributed by atoms with E-state index < -0.39 is 23.2 Å². The molecule has 0 bridgehead atoms. The fourth-order valence-corrected chi connectivity index (χ4v) is 5.19. The highest BCUT2D eigenvalue weighted by atomic mass is 19.3. The number of alkyl halides is 2. The smallest absolute Gasteiger partial charge is 0.287 e. The molecule has 1 spiro atoms. The summed E-state index contributed by atoms with van der Waals surface area (Å²) in [5, 5.41) is 7.30. The molecule has 0 atom stereocenters. The van der Waals surface area contributed by atoms with Crippen molar-refractivity contribution < 1.29 is 22.4 Å². The summed E-state index contributed by atoms with van der Waals surface area (Å²) in [5.74, 6) is -3.80. The van der Waals surface area contributed by atoms with Crippen molar-refractivity contribution in [3.8, 4) is 11.3 Å². The monoisotopic (exact) mass is 479 g/mol. The molecule has 0 radical (unpaired) electrons. The van der Waals surface area contributed by atoms with Gasteiger partial charge in [0.25, 0.3) is 11.8 Å². The number of oxazole rings is 1. The maximum atomic E-state index is 15.0. The van der Waals surface area contributed by atoms with Crippen LogP contribution >= 0.6 is 0 Å². The number of hydrogen-bond acceptors (Lipinski definition) is 6. The maximum Gasteiger partial charge on any atom is 0.287 e. The molecule has 1 N–H and O–H groups in total. The van der Waals surface area contributed by atoms with Gasteiger partial charge >= 0.3 is 0 Å². The zero-order chi connectivity index (χ0) is 24.2. The molecular weight excluding hydrogens is 456 g/mol. The third-order valence-electron chi connectivity index (χ3n) is 6.94. The third-order valence-corrected chi connectivity index (χ3v) is 6.94. The number of nitrogens with zero attached hydrogens (tertiary/aromatic N) is 4. The van der Waals surface area contributed by atoms with Crippen molar-refractivity contribution in [2.75, 3.05) is 0 Å². The zero-order valence-corrected chi connectivity index (χ0v) is 19.1. The van der Waals surface area contributed by atoms with Crippen molar-refractivity contribution in [1.82, 2.24) is 25.1 Å². The molecule has 0 unspecified atom stereocenters. The van der Waals surface area contributed by atoms with Gasteiger partial charge in [-0.2, -0.15) is 5.10 Å². The highest BCUT2D eigenvalue weighted by Crippen LogP contribution is 2.56. The molecule has 1 amide bonds. The summed E-state index contributed by atoms with van der Waals surface area (Å²) >= 11 is 0. The summed E-state index contributed by atoms with van der Waals surface area (Å²) < 4.78 is 42.8. The number of halogens is 2. The van der Waals surface area contributed by atoms with Gasteiger partial charge in [0.1, 0.15) is 17.7 Å². The summed E-state index contributed by atoms with van der Waals surface area (Å²) in [6.07, 6.45) is 9.80. The number of fused-ring (bicyclic) bond motifs is 4. The van der Waals surface area contributed by atoms with Crippen LogP contribution in [0.2, 0.25) is 0 Å². The molecule has 4 aromatic rings. The highest BCUT2D eigenvalue weighted by Gasteiger charge is 2.50. The van der Waals surface area contributed by atoms with E-state index in [0.717, 1.165) is 37.4 Å². The molecule has 0 saturated heterocycles. The van der Waals surface area contributed by atoms with Crippen molar-refractivity contribution in [3.05, 3.63) is 77.3 Å². The Kier molecular flexibility index (Phi) is 4.87. The number of rotatable bonds is 6. The molecular formula is C25H23F2N5O3. The average Bonchev–Trinajstić information content (AvgIpc) is 3.53. The molecule has 10 heteroatoms. The first-order chi connectivity index (χ1) is 16.8. The number of amides is 1. The van der Waals surface area contributed by atoms with Gasteiger partial charge in [0.15, 0.2) is 0 Å². The molecule has 0 aromatic carbocycles. The van der Waals surface area contributed by atoms with E-state index in [1.54, 1.807) is 10.9 Å². The fourth-order valence-electron chi connectivity index (χ4n) is 5.19. The summed E-state index contributed by atoms with van der Waals surface area (Å²) in [6.45, 7) is 1.15. The van der Waals surface area contributed by atoms with Crippen LogP contribution in [0, 0.1) is 0 Å². The number of carbonyl (C=O) groups is 1. The Bertz CT molecular complexity index is 1380. The Morgan fingerprint density at radius 2 is 2.11 bits per heavy atom. The van der Waals surface area contributed by atoms with Gasteiger partial charge in [0, 0.05) is 36.7 Å². The van der Waals surface area contributed by atoms with Gasteiger partial charge in [0.2, 0.25) is 11.7 Å². The largest absolute Gasteiger partial charge is 0.455 e. The molecule has 180 valence electrons. The van der Waals surface area contributed by atoms with Gasteiger partial charge < -0.3 is 14.2 Å². The van der Waals surface area contributed by atoms with E-state index >= 15 is 8.78 Å². The number of aromatic nitrogens is 4. The highest BCUT2D eigenvalue weighted by molar-refractivity contribution is 5.96. The first-order valence-corrected chi connectivity index (χ1v) is 11.5. The Hall–Kier alpha value is -3.82. The van der Waals surface area contributed by atoms with Gasteiger partial charge in [-0.1, -0.05) is 12.5 Å². The quantitative estimate of drug-likeness (QED) is 0.434. The summed E-state index contributed by atoms with van der Waals surface area (Å²) in [6, 6.07) is 5.63. The van der Waals surface area contributed by atoms with Crippen molar-refractivity contribution in [2.24, 2.45) is 0 Å². The number of hydrogen-bond donors (Lipinski definition) is 1. The van der Waals surface area contributed by atoms with Gasteiger partial charge in [0.05, 0.1) is 36.1 Å². The fraction of sp³-hybridized carbons (Fsp3) is 0.360. The zero-order valence-electron chi connectivity index (χ0n) is 19.1. The maximum absolute atomic E-state index is 15.0. The molecule has 35 heavy (non-hydrogen) atoms. The predicted octanol–water partition coefficient (Wildman–Crippen LogP) is 4.59. The minimum atomic E-state index is -3.32. The Labute approximate surface area is 199 Å². The van der Waals surface area contributed by atoms with Crippen LogP contribution in [0.4, 0.5) is 8.78 Å². The number of nitrogens with one attached hydrogen (secondary N) is 1. The van der Waals surface area contributed by atoms with Crippen LogP contribution in [0.1, 0.15) is 65.2 Å². The molecule has 1 fully saturated rings.